The molecule has 0 amide bonds. The minimum Gasteiger partial charge on any atom is -0.320 e. The quantitative estimate of drug-likeness (QED) is 0.869. The van der Waals surface area contributed by atoms with Gasteiger partial charge in [0.15, 0.2) is 0 Å². The van der Waals surface area contributed by atoms with E-state index in [9.17, 15) is 0 Å². The Bertz CT molecular complexity index is 545. The third-order valence-electron chi connectivity index (χ3n) is 3.11. The van der Waals surface area contributed by atoms with Crippen LogP contribution in [0.1, 0.15) is 33.9 Å². The first kappa shape index (κ1) is 12.8. The summed E-state index contributed by atoms with van der Waals surface area (Å²) in [5.41, 5.74) is 12.6. The zero-order valence-electron chi connectivity index (χ0n) is 10.3. The van der Waals surface area contributed by atoms with Gasteiger partial charge in [0.1, 0.15) is 0 Å². The third-order valence-corrected chi connectivity index (χ3v) is 4.85. The Morgan fingerprint density at radius 2 is 1.71 bits per heavy atom. The van der Waals surface area contributed by atoms with E-state index in [1.807, 2.05) is 0 Å². The van der Waals surface area contributed by atoms with Gasteiger partial charge in [-0.15, -0.1) is 0 Å². The monoisotopic (exact) mass is 309 g/mol. The van der Waals surface area contributed by atoms with Gasteiger partial charge in [-0.05, 0) is 65.4 Å². The SMILES string of the molecule is Cc1cc(C(N)c2cscc2C)c(C)cc1Br. The second-order valence-corrected chi connectivity index (χ2v) is 6.04. The van der Waals surface area contributed by atoms with Crippen LogP contribution in [0, 0.1) is 20.8 Å². The normalized spacial score (nSPS) is 12.8. The number of aryl methyl sites for hydroxylation is 3. The first-order valence-electron chi connectivity index (χ1n) is 5.55. The van der Waals surface area contributed by atoms with Gasteiger partial charge < -0.3 is 5.73 Å². The van der Waals surface area contributed by atoms with Gasteiger partial charge in [-0.25, -0.2) is 0 Å². The minimum absolute atomic E-state index is 0.0203. The number of nitrogens with two attached hydrogens (primary N) is 1. The summed E-state index contributed by atoms with van der Waals surface area (Å²) in [6.07, 6.45) is 0. The Hall–Kier alpha value is -0.640. The Kier molecular flexibility index (Phi) is 3.71. The van der Waals surface area contributed by atoms with Crippen LogP contribution in [-0.2, 0) is 0 Å². The molecule has 1 nitrogen and oxygen atoms in total. The van der Waals surface area contributed by atoms with Crippen LogP contribution in [0.3, 0.4) is 0 Å². The molecule has 1 aromatic carbocycles. The van der Waals surface area contributed by atoms with Gasteiger partial charge in [0.2, 0.25) is 0 Å². The van der Waals surface area contributed by atoms with Crippen molar-refractivity contribution in [1.29, 1.82) is 0 Å². The topological polar surface area (TPSA) is 26.0 Å². The van der Waals surface area contributed by atoms with Crippen LogP contribution in [0.15, 0.2) is 27.4 Å². The van der Waals surface area contributed by atoms with Gasteiger partial charge in [0.25, 0.3) is 0 Å². The highest BCUT2D eigenvalue weighted by Gasteiger charge is 2.15. The van der Waals surface area contributed by atoms with Crippen molar-refractivity contribution in [2.24, 2.45) is 5.73 Å². The molecule has 1 aromatic heterocycles. The molecule has 17 heavy (non-hydrogen) atoms. The Morgan fingerprint density at radius 3 is 2.29 bits per heavy atom. The number of benzene rings is 1. The standard InChI is InChI=1S/C14H16BrNS/c1-8-5-13(15)9(2)4-11(8)14(16)12-7-17-6-10(12)3/h4-7,14H,16H2,1-3H3. The van der Waals surface area contributed by atoms with Crippen molar-refractivity contribution >= 4 is 27.3 Å². The lowest BCUT2D eigenvalue weighted by molar-refractivity contribution is 0.856. The van der Waals surface area contributed by atoms with Crippen LogP contribution in [0.25, 0.3) is 0 Å². The van der Waals surface area contributed by atoms with Crippen molar-refractivity contribution in [2.45, 2.75) is 26.8 Å². The van der Waals surface area contributed by atoms with Crippen molar-refractivity contribution in [3.63, 3.8) is 0 Å². The molecule has 0 bridgehead atoms. The highest BCUT2D eigenvalue weighted by atomic mass is 79.9. The third kappa shape index (κ3) is 2.46. The molecule has 0 saturated carbocycles. The summed E-state index contributed by atoms with van der Waals surface area (Å²) in [6.45, 7) is 6.33. The molecule has 0 spiro atoms. The smallest absolute Gasteiger partial charge is 0.0565 e. The first-order chi connectivity index (χ1) is 8.00. The Labute approximate surface area is 115 Å². The zero-order chi connectivity index (χ0) is 12.6. The maximum atomic E-state index is 6.37. The molecule has 0 saturated heterocycles. The summed E-state index contributed by atoms with van der Waals surface area (Å²) in [7, 11) is 0. The predicted molar refractivity (Wildman–Crippen MR) is 78.7 cm³/mol. The summed E-state index contributed by atoms with van der Waals surface area (Å²) in [6, 6.07) is 4.31. The average Bonchev–Trinajstić information content (AvgIpc) is 2.69. The summed E-state index contributed by atoms with van der Waals surface area (Å²) in [4.78, 5) is 0. The van der Waals surface area contributed by atoms with Crippen LogP contribution < -0.4 is 5.73 Å². The van der Waals surface area contributed by atoms with E-state index in [0.717, 1.165) is 4.47 Å². The number of thiophene rings is 1. The molecule has 0 aliphatic heterocycles. The molecule has 0 radical (unpaired) electrons. The van der Waals surface area contributed by atoms with Gasteiger partial charge >= 0.3 is 0 Å². The molecule has 0 aliphatic rings. The van der Waals surface area contributed by atoms with E-state index in [-0.39, 0.29) is 6.04 Å². The maximum Gasteiger partial charge on any atom is 0.0565 e. The highest BCUT2D eigenvalue weighted by Crippen LogP contribution is 2.30. The minimum atomic E-state index is -0.0203. The maximum absolute atomic E-state index is 6.37. The van der Waals surface area contributed by atoms with Crippen molar-refractivity contribution < 1.29 is 0 Å². The Morgan fingerprint density at radius 1 is 1.00 bits per heavy atom. The van der Waals surface area contributed by atoms with E-state index in [0.29, 0.717) is 0 Å². The summed E-state index contributed by atoms with van der Waals surface area (Å²) >= 11 is 5.27. The molecule has 2 aromatic rings. The van der Waals surface area contributed by atoms with Gasteiger partial charge in [-0.3, -0.25) is 0 Å². The van der Waals surface area contributed by atoms with Crippen LogP contribution in [0.2, 0.25) is 0 Å². The van der Waals surface area contributed by atoms with Crippen molar-refractivity contribution in [2.75, 3.05) is 0 Å². The summed E-state index contributed by atoms with van der Waals surface area (Å²) in [5, 5.41) is 4.30. The largest absolute Gasteiger partial charge is 0.320 e. The molecule has 90 valence electrons. The average molecular weight is 310 g/mol. The fourth-order valence-electron chi connectivity index (χ4n) is 1.99. The van der Waals surface area contributed by atoms with E-state index >= 15 is 0 Å². The summed E-state index contributed by atoms with van der Waals surface area (Å²) < 4.78 is 1.15. The van der Waals surface area contributed by atoms with E-state index in [2.05, 4.69) is 59.6 Å². The molecule has 2 N–H and O–H groups in total. The molecule has 0 fully saturated rings. The lowest BCUT2D eigenvalue weighted by atomic mass is 9.94. The molecule has 3 heteroatoms. The van der Waals surface area contributed by atoms with Crippen molar-refractivity contribution in [1.82, 2.24) is 0 Å². The number of rotatable bonds is 2. The zero-order valence-corrected chi connectivity index (χ0v) is 12.7. The lowest BCUT2D eigenvalue weighted by Crippen LogP contribution is -2.13. The second kappa shape index (κ2) is 4.92. The molecule has 1 atom stereocenters. The van der Waals surface area contributed by atoms with Gasteiger partial charge in [0.05, 0.1) is 6.04 Å². The fraction of sp³-hybridized carbons (Fsp3) is 0.286. The first-order valence-corrected chi connectivity index (χ1v) is 7.29. The van der Waals surface area contributed by atoms with E-state index in [1.54, 1.807) is 11.3 Å². The predicted octanol–water partition coefficient (Wildman–Crippen LogP) is 4.48. The Balaban J connectivity index is 2.48. The molecule has 1 heterocycles. The van der Waals surface area contributed by atoms with Crippen molar-refractivity contribution in [3.05, 3.63) is 55.2 Å². The van der Waals surface area contributed by atoms with Gasteiger partial charge in [0, 0.05) is 4.47 Å². The van der Waals surface area contributed by atoms with E-state index in [1.165, 1.54) is 27.8 Å². The van der Waals surface area contributed by atoms with Gasteiger partial charge in [-0.1, -0.05) is 22.0 Å². The van der Waals surface area contributed by atoms with Crippen molar-refractivity contribution in [3.8, 4) is 0 Å². The number of halogens is 1. The lowest BCUT2D eigenvalue weighted by Gasteiger charge is -2.16. The molecular weight excluding hydrogens is 294 g/mol. The molecular formula is C14H16BrNS. The van der Waals surface area contributed by atoms with Crippen LogP contribution in [0.5, 0.6) is 0 Å². The van der Waals surface area contributed by atoms with E-state index in [4.69, 9.17) is 5.73 Å². The molecule has 0 aliphatic carbocycles. The molecule has 1 unspecified atom stereocenters. The van der Waals surface area contributed by atoms with Gasteiger partial charge in [-0.2, -0.15) is 11.3 Å². The highest BCUT2D eigenvalue weighted by molar-refractivity contribution is 9.10. The fourth-order valence-corrected chi connectivity index (χ4v) is 3.34. The van der Waals surface area contributed by atoms with E-state index < -0.39 is 0 Å². The summed E-state index contributed by atoms with van der Waals surface area (Å²) in [5.74, 6) is 0. The van der Waals surface area contributed by atoms with Crippen LogP contribution in [-0.4, -0.2) is 0 Å². The second-order valence-electron chi connectivity index (χ2n) is 4.45. The molecule has 2 rings (SSSR count). The number of hydrogen-bond acceptors (Lipinski definition) is 2. The number of hydrogen-bond donors (Lipinski definition) is 1. The van der Waals surface area contributed by atoms with Crippen LogP contribution >= 0.6 is 27.3 Å². The van der Waals surface area contributed by atoms with Crippen LogP contribution in [0.4, 0.5) is 0 Å².